The molecule has 1 unspecified atom stereocenters. The number of hydrogen-bond acceptors (Lipinski definition) is 2. The predicted molar refractivity (Wildman–Crippen MR) is 149 cm³/mol. The standard InChI is InChI=1S/C32H43NO3/c1-4-5-11-26(27-19-17-25(18-20-27)22-24(2)3)12-6-9-15-31(34)29-23-33(21-10-16-32(35)36)30-14-8-7-13-28(29)30/h7-8,13-14,17-20,23-24,26H,4-6,9-12,15-16,21-22H2,1-3H3,(H,35,36). The smallest absolute Gasteiger partial charge is 0.303 e. The number of hydrogen-bond donors (Lipinski definition) is 1. The normalized spacial score (nSPS) is 12.3. The third-order valence-corrected chi connectivity index (χ3v) is 7.09. The first-order valence-electron chi connectivity index (χ1n) is 13.8. The first-order valence-corrected chi connectivity index (χ1v) is 13.8. The number of ketones is 1. The number of fused-ring (bicyclic) bond motifs is 1. The van der Waals surface area contributed by atoms with E-state index >= 15 is 0 Å². The van der Waals surface area contributed by atoms with Crippen LogP contribution in [-0.2, 0) is 17.8 Å². The Morgan fingerprint density at radius 1 is 0.889 bits per heavy atom. The molecule has 3 rings (SSSR count). The highest BCUT2D eigenvalue weighted by molar-refractivity contribution is 6.08. The zero-order valence-corrected chi connectivity index (χ0v) is 22.3. The summed E-state index contributed by atoms with van der Waals surface area (Å²) >= 11 is 0. The fraction of sp³-hybridized carbons (Fsp3) is 0.500. The van der Waals surface area contributed by atoms with Crippen molar-refractivity contribution in [2.45, 2.75) is 97.4 Å². The van der Waals surface area contributed by atoms with Gasteiger partial charge in [-0.2, -0.15) is 0 Å². The molecular weight excluding hydrogens is 446 g/mol. The largest absolute Gasteiger partial charge is 0.481 e. The van der Waals surface area contributed by atoms with Crippen LogP contribution < -0.4 is 0 Å². The Kier molecular flexibility index (Phi) is 10.8. The van der Waals surface area contributed by atoms with Crippen molar-refractivity contribution in [1.82, 2.24) is 4.57 Å². The predicted octanol–water partition coefficient (Wildman–Crippen LogP) is 8.42. The van der Waals surface area contributed by atoms with Crippen molar-refractivity contribution in [1.29, 1.82) is 0 Å². The van der Waals surface area contributed by atoms with Gasteiger partial charge in [-0.15, -0.1) is 0 Å². The second-order valence-electron chi connectivity index (χ2n) is 10.6. The van der Waals surface area contributed by atoms with E-state index in [4.69, 9.17) is 5.11 Å². The lowest BCUT2D eigenvalue weighted by molar-refractivity contribution is -0.137. The van der Waals surface area contributed by atoms with Gasteiger partial charge >= 0.3 is 5.97 Å². The second kappa shape index (κ2) is 14.0. The van der Waals surface area contributed by atoms with Crippen molar-refractivity contribution in [3.8, 4) is 0 Å². The Bertz CT molecular complexity index is 1110. The number of benzene rings is 2. The van der Waals surface area contributed by atoms with E-state index in [1.54, 1.807) is 0 Å². The molecule has 1 N–H and O–H groups in total. The van der Waals surface area contributed by atoms with Crippen molar-refractivity contribution < 1.29 is 14.7 Å². The van der Waals surface area contributed by atoms with Gasteiger partial charge in [0, 0.05) is 42.0 Å². The van der Waals surface area contributed by atoms with Crippen LogP contribution in [0.2, 0.25) is 0 Å². The summed E-state index contributed by atoms with van der Waals surface area (Å²) < 4.78 is 2.04. The Morgan fingerprint density at radius 3 is 2.31 bits per heavy atom. The summed E-state index contributed by atoms with van der Waals surface area (Å²) in [6, 6.07) is 17.2. The summed E-state index contributed by atoms with van der Waals surface area (Å²) in [5, 5.41) is 9.93. The van der Waals surface area contributed by atoms with Gasteiger partial charge in [-0.1, -0.05) is 82.5 Å². The number of para-hydroxylation sites is 1. The van der Waals surface area contributed by atoms with Crippen LogP contribution in [-0.4, -0.2) is 21.4 Å². The number of unbranched alkanes of at least 4 members (excludes halogenated alkanes) is 2. The monoisotopic (exact) mass is 489 g/mol. The Labute approximate surface area is 216 Å². The van der Waals surface area contributed by atoms with Gasteiger partial charge in [-0.25, -0.2) is 0 Å². The Balaban J connectivity index is 1.58. The van der Waals surface area contributed by atoms with Crippen LogP contribution in [0.5, 0.6) is 0 Å². The molecule has 0 aliphatic heterocycles. The quantitative estimate of drug-likeness (QED) is 0.162. The van der Waals surface area contributed by atoms with Gasteiger partial charge < -0.3 is 9.67 Å². The molecule has 0 radical (unpaired) electrons. The highest BCUT2D eigenvalue weighted by Crippen LogP contribution is 2.29. The van der Waals surface area contributed by atoms with Crippen molar-refractivity contribution >= 4 is 22.7 Å². The number of carbonyl (C=O) groups excluding carboxylic acids is 1. The molecule has 2 aromatic carbocycles. The number of aromatic nitrogens is 1. The van der Waals surface area contributed by atoms with Gasteiger partial charge in [0.15, 0.2) is 5.78 Å². The van der Waals surface area contributed by atoms with Crippen molar-refractivity contribution in [3.63, 3.8) is 0 Å². The topological polar surface area (TPSA) is 59.3 Å². The molecule has 0 spiro atoms. The number of Topliss-reactive ketones (excluding diaryl/α,β-unsaturated/α-hetero) is 1. The van der Waals surface area contributed by atoms with E-state index in [9.17, 15) is 9.59 Å². The average Bonchev–Trinajstić information content (AvgIpc) is 3.22. The first kappa shape index (κ1) is 27.7. The maximum atomic E-state index is 13.2. The summed E-state index contributed by atoms with van der Waals surface area (Å²) in [5.74, 6) is 0.630. The highest BCUT2D eigenvalue weighted by atomic mass is 16.4. The molecule has 0 aliphatic carbocycles. The molecule has 194 valence electrons. The van der Waals surface area contributed by atoms with Crippen LogP contribution in [0, 0.1) is 5.92 Å². The van der Waals surface area contributed by atoms with Gasteiger partial charge in [-0.3, -0.25) is 9.59 Å². The number of aliphatic carboxylic acids is 1. The molecule has 0 saturated carbocycles. The first-order chi connectivity index (χ1) is 17.4. The maximum Gasteiger partial charge on any atom is 0.303 e. The van der Waals surface area contributed by atoms with Gasteiger partial charge in [0.25, 0.3) is 0 Å². The average molecular weight is 490 g/mol. The summed E-state index contributed by atoms with van der Waals surface area (Å²) in [4.78, 5) is 24.1. The van der Waals surface area contributed by atoms with Gasteiger partial charge in [0.05, 0.1) is 0 Å². The lowest BCUT2D eigenvalue weighted by Gasteiger charge is -2.18. The molecule has 36 heavy (non-hydrogen) atoms. The molecule has 0 bridgehead atoms. The molecule has 4 nitrogen and oxygen atoms in total. The number of carbonyl (C=O) groups is 2. The highest BCUT2D eigenvalue weighted by Gasteiger charge is 2.16. The van der Waals surface area contributed by atoms with E-state index in [0.29, 0.717) is 31.2 Å². The van der Waals surface area contributed by atoms with E-state index in [-0.39, 0.29) is 12.2 Å². The van der Waals surface area contributed by atoms with E-state index in [1.165, 1.54) is 30.4 Å². The third-order valence-electron chi connectivity index (χ3n) is 7.09. The molecule has 1 aromatic heterocycles. The number of nitrogens with zero attached hydrogens (tertiary/aromatic N) is 1. The fourth-order valence-electron chi connectivity index (χ4n) is 5.19. The molecular formula is C32H43NO3. The van der Waals surface area contributed by atoms with Crippen molar-refractivity contribution in [2.24, 2.45) is 5.92 Å². The maximum absolute atomic E-state index is 13.2. The summed E-state index contributed by atoms with van der Waals surface area (Å²) in [6.07, 6.45) is 11.0. The minimum atomic E-state index is -0.786. The van der Waals surface area contributed by atoms with Gasteiger partial charge in [0.1, 0.15) is 0 Å². The minimum absolute atomic E-state index is 0.134. The zero-order valence-electron chi connectivity index (χ0n) is 22.3. The van der Waals surface area contributed by atoms with Crippen LogP contribution >= 0.6 is 0 Å². The van der Waals surface area contributed by atoms with Crippen LogP contribution in [0.3, 0.4) is 0 Å². The summed E-state index contributed by atoms with van der Waals surface area (Å²) in [5.41, 5.74) is 4.62. The summed E-state index contributed by atoms with van der Waals surface area (Å²) in [7, 11) is 0. The zero-order chi connectivity index (χ0) is 25.9. The van der Waals surface area contributed by atoms with Crippen LogP contribution in [0.1, 0.15) is 106 Å². The molecule has 0 saturated heterocycles. The van der Waals surface area contributed by atoms with Crippen LogP contribution in [0.25, 0.3) is 10.9 Å². The van der Waals surface area contributed by atoms with Crippen LogP contribution in [0.4, 0.5) is 0 Å². The van der Waals surface area contributed by atoms with Crippen molar-refractivity contribution in [2.75, 3.05) is 0 Å². The van der Waals surface area contributed by atoms with Gasteiger partial charge in [-0.05, 0) is 61.1 Å². The van der Waals surface area contributed by atoms with E-state index in [1.807, 2.05) is 35.0 Å². The Hall–Kier alpha value is -2.88. The molecule has 1 atom stereocenters. The number of carboxylic acids is 1. The number of rotatable bonds is 16. The molecule has 1 heterocycles. The number of carboxylic acid groups (broad SMARTS) is 1. The Morgan fingerprint density at radius 2 is 1.61 bits per heavy atom. The SMILES string of the molecule is CCCCC(CCCCC(=O)c1cn(CCCC(=O)O)c2ccccc12)c1ccc(CC(C)C)cc1. The van der Waals surface area contributed by atoms with E-state index in [0.717, 1.165) is 42.1 Å². The van der Waals surface area contributed by atoms with Gasteiger partial charge in [0.2, 0.25) is 0 Å². The fourth-order valence-corrected chi connectivity index (χ4v) is 5.19. The lowest BCUT2D eigenvalue weighted by atomic mass is 9.87. The molecule has 0 aliphatic rings. The van der Waals surface area contributed by atoms with E-state index < -0.39 is 5.97 Å². The minimum Gasteiger partial charge on any atom is -0.481 e. The molecule has 3 aromatic rings. The third kappa shape index (κ3) is 8.08. The second-order valence-corrected chi connectivity index (χ2v) is 10.6. The lowest BCUT2D eigenvalue weighted by Crippen LogP contribution is -2.03. The van der Waals surface area contributed by atoms with Crippen LogP contribution in [0.15, 0.2) is 54.7 Å². The number of aryl methyl sites for hydroxylation is 1. The van der Waals surface area contributed by atoms with E-state index in [2.05, 4.69) is 45.0 Å². The molecule has 0 fully saturated rings. The molecule has 0 amide bonds. The van der Waals surface area contributed by atoms with Crippen molar-refractivity contribution in [3.05, 3.63) is 71.4 Å². The molecule has 4 heteroatoms. The summed E-state index contributed by atoms with van der Waals surface area (Å²) in [6.45, 7) is 7.38.